The number of aromatic nitrogens is 2. The Hall–Kier alpha value is -1.43. The molecule has 1 aromatic heterocycles. The van der Waals surface area contributed by atoms with Gasteiger partial charge in [0.1, 0.15) is 6.10 Å². The molecule has 2 fully saturated rings. The summed E-state index contributed by atoms with van der Waals surface area (Å²) in [6, 6.07) is 0. The lowest BCUT2D eigenvalue weighted by Crippen LogP contribution is -2.30. The predicted molar refractivity (Wildman–Crippen MR) is 73.6 cm³/mol. The van der Waals surface area contributed by atoms with Crippen molar-refractivity contribution in [2.75, 3.05) is 6.61 Å². The number of hydrogen-bond donors (Lipinski definition) is 1. The highest BCUT2D eigenvalue weighted by atomic mass is 16.5. The van der Waals surface area contributed by atoms with Crippen LogP contribution < -0.4 is 0 Å². The van der Waals surface area contributed by atoms with Crippen molar-refractivity contribution >= 4 is 5.97 Å². The van der Waals surface area contributed by atoms with E-state index in [1.165, 1.54) is 0 Å². The van der Waals surface area contributed by atoms with Gasteiger partial charge in [-0.2, -0.15) is 4.98 Å². The largest absolute Gasteiger partial charge is 0.481 e. The van der Waals surface area contributed by atoms with Crippen molar-refractivity contribution in [2.45, 2.75) is 58.0 Å². The summed E-state index contributed by atoms with van der Waals surface area (Å²) in [6.45, 7) is 2.57. The first kappa shape index (κ1) is 14.5. The van der Waals surface area contributed by atoms with Gasteiger partial charge in [0.15, 0.2) is 0 Å². The molecule has 0 saturated heterocycles. The minimum absolute atomic E-state index is 0.100. The average molecular weight is 294 g/mol. The minimum atomic E-state index is -0.747. The summed E-state index contributed by atoms with van der Waals surface area (Å²) in [6.07, 6.45) is 5.79. The molecule has 21 heavy (non-hydrogen) atoms. The van der Waals surface area contributed by atoms with Crippen LogP contribution in [0.25, 0.3) is 0 Å². The second kappa shape index (κ2) is 5.75. The minimum Gasteiger partial charge on any atom is -0.481 e. The van der Waals surface area contributed by atoms with Gasteiger partial charge in [0.2, 0.25) is 11.7 Å². The van der Waals surface area contributed by atoms with Gasteiger partial charge in [0, 0.05) is 13.0 Å². The molecular weight excluding hydrogens is 272 g/mol. The van der Waals surface area contributed by atoms with Crippen molar-refractivity contribution < 1.29 is 19.2 Å². The van der Waals surface area contributed by atoms with Crippen LogP contribution in [0.2, 0.25) is 0 Å². The van der Waals surface area contributed by atoms with Gasteiger partial charge in [-0.25, -0.2) is 0 Å². The van der Waals surface area contributed by atoms with E-state index in [4.69, 9.17) is 9.26 Å². The SMILES string of the molecule is CCOC(c1noc(CC2(C(=O)O)CCCC2)n1)C1CC1. The van der Waals surface area contributed by atoms with E-state index < -0.39 is 11.4 Å². The van der Waals surface area contributed by atoms with Gasteiger partial charge in [-0.15, -0.1) is 0 Å². The molecule has 1 aromatic rings. The molecule has 2 aliphatic rings. The van der Waals surface area contributed by atoms with E-state index in [0.29, 0.717) is 43.5 Å². The van der Waals surface area contributed by atoms with Crippen LogP contribution in [0.4, 0.5) is 0 Å². The van der Waals surface area contributed by atoms with Crippen LogP contribution in [0.1, 0.15) is 63.3 Å². The summed E-state index contributed by atoms with van der Waals surface area (Å²) in [5, 5.41) is 13.5. The Labute approximate surface area is 123 Å². The lowest BCUT2D eigenvalue weighted by Gasteiger charge is -2.21. The molecule has 3 rings (SSSR count). The quantitative estimate of drug-likeness (QED) is 0.832. The van der Waals surface area contributed by atoms with Crippen LogP contribution in [0.15, 0.2) is 4.52 Å². The molecule has 0 spiro atoms. The smallest absolute Gasteiger partial charge is 0.310 e. The van der Waals surface area contributed by atoms with E-state index in [-0.39, 0.29) is 6.10 Å². The summed E-state index contributed by atoms with van der Waals surface area (Å²) in [4.78, 5) is 16.0. The Balaban J connectivity index is 1.73. The second-order valence-electron chi connectivity index (χ2n) is 6.23. The van der Waals surface area contributed by atoms with E-state index in [1.54, 1.807) is 0 Å². The highest BCUT2D eigenvalue weighted by Crippen LogP contribution is 2.43. The van der Waals surface area contributed by atoms with Crippen molar-refractivity contribution in [3.63, 3.8) is 0 Å². The molecule has 2 aliphatic carbocycles. The van der Waals surface area contributed by atoms with Gasteiger partial charge in [-0.05, 0) is 38.5 Å². The topological polar surface area (TPSA) is 85.5 Å². The number of carbonyl (C=O) groups is 1. The van der Waals surface area contributed by atoms with Crippen molar-refractivity contribution in [1.29, 1.82) is 0 Å². The van der Waals surface area contributed by atoms with Crippen LogP contribution in [-0.2, 0) is 16.0 Å². The zero-order valence-electron chi connectivity index (χ0n) is 12.4. The third-order valence-electron chi connectivity index (χ3n) is 4.64. The molecule has 0 aliphatic heterocycles. The number of rotatable bonds is 7. The van der Waals surface area contributed by atoms with E-state index >= 15 is 0 Å². The molecule has 0 amide bonds. The number of ether oxygens (including phenoxy) is 1. The van der Waals surface area contributed by atoms with E-state index in [2.05, 4.69) is 10.1 Å². The monoisotopic (exact) mass is 294 g/mol. The number of aliphatic carboxylic acids is 1. The average Bonchev–Trinajstić information content (AvgIpc) is 3.00. The highest BCUT2D eigenvalue weighted by Gasteiger charge is 2.43. The molecule has 6 heteroatoms. The van der Waals surface area contributed by atoms with Crippen LogP contribution in [0.5, 0.6) is 0 Å². The molecule has 1 N–H and O–H groups in total. The first-order chi connectivity index (χ1) is 10.1. The molecule has 0 radical (unpaired) electrons. The fourth-order valence-corrected chi connectivity index (χ4v) is 3.26. The molecule has 0 bridgehead atoms. The Morgan fingerprint density at radius 3 is 2.76 bits per heavy atom. The lowest BCUT2D eigenvalue weighted by molar-refractivity contribution is -0.148. The number of hydrogen-bond acceptors (Lipinski definition) is 5. The van der Waals surface area contributed by atoms with Crippen molar-refractivity contribution in [2.24, 2.45) is 11.3 Å². The predicted octanol–water partition coefficient (Wildman–Crippen LogP) is 2.74. The maximum absolute atomic E-state index is 11.6. The van der Waals surface area contributed by atoms with Crippen LogP contribution in [0.3, 0.4) is 0 Å². The molecule has 1 heterocycles. The zero-order chi connectivity index (χ0) is 14.9. The van der Waals surface area contributed by atoms with Crippen molar-refractivity contribution in [3.05, 3.63) is 11.7 Å². The van der Waals surface area contributed by atoms with Gasteiger partial charge in [0.25, 0.3) is 0 Å². The number of carboxylic acid groups (broad SMARTS) is 1. The van der Waals surface area contributed by atoms with Crippen molar-refractivity contribution in [3.8, 4) is 0 Å². The number of carboxylic acids is 1. The highest BCUT2D eigenvalue weighted by molar-refractivity contribution is 5.75. The van der Waals surface area contributed by atoms with Gasteiger partial charge in [-0.1, -0.05) is 18.0 Å². The van der Waals surface area contributed by atoms with Crippen LogP contribution in [0, 0.1) is 11.3 Å². The Kier molecular flexibility index (Phi) is 3.97. The van der Waals surface area contributed by atoms with Gasteiger partial charge in [-0.3, -0.25) is 4.79 Å². The van der Waals surface area contributed by atoms with E-state index in [9.17, 15) is 9.90 Å². The molecular formula is C15H22N2O4. The van der Waals surface area contributed by atoms with Crippen LogP contribution in [-0.4, -0.2) is 27.8 Å². The summed E-state index contributed by atoms with van der Waals surface area (Å²) < 4.78 is 11.0. The number of nitrogens with zero attached hydrogens (tertiary/aromatic N) is 2. The summed E-state index contributed by atoms with van der Waals surface area (Å²) in [5.74, 6) is 0.742. The van der Waals surface area contributed by atoms with Crippen LogP contribution >= 0.6 is 0 Å². The summed E-state index contributed by atoms with van der Waals surface area (Å²) in [7, 11) is 0. The molecule has 2 saturated carbocycles. The Morgan fingerprint density at radius 1 is 1.48 bits per heavy atom. The fraction of sp³-hybridized carbons (Fsp3) is 0.800. The fourth-order valence-electron chi connectivity index (χ4n) is 3.26. The Bertz CT molecular complexity index is 504. The zero-order valence-corrected chi connectivity index (χ0v) is 12.4. The molecule has 6 nitrogen and oxygen atoms in total. The van der Waals surface area contributed by atoms with E-state index in [1.807, 2.05) is 6.92 Å². The summed E-state index contributed by atoms with van der Waals surface area (Å²) >= 11 is 0. The second-order valence-corrected chi connectivity index (χ2v) is 6.23. The lowest BCUT2D eigenvalue weighted by atomic mass is 9.83. The normalized spacial score (nSPS) is 22.3. The van der Waals surface area contributed by atoms with Gasteiger partial charge < -0.3 is 14.4 Å². The van der Waals surface area contributed by atoms with Gasteiger partial charge >= 0.3 is 5.97 Å². The third-order valence-corrected chi connectivity index (χ3v) is 4.64. The molecule has 116 valence electrons. The Morgan fingerprint density at radius 2 is 2.19 bits per heavy atom. The summed E-state index contributed by atoms with van der Waals surface area (Å²) in [5.41, 5.74) is -0.718. The van der Waals surface area contributed by atoms with Gasteiger partial charge in [0.05, 0.1) is 5.41 Å². The molecule has 0 aromatic carbocycles. The first-order valence-corrected chi connectivity index (χ1v) is 7.82. The third kappa shape index (κ3) is 2.95. The molecule has 1 atom stereocenters. The van der Waals surface area contributed by atoms with E-state index in [0.717, 1.165) is 25.7 Å². The van der Waals surface area contributed by atoms with Crippen molar-refractivity contribution in [1.82, 2.24) is 10.1 Å². The maximum Gasteiger partial charge on any atom is 0.310 e. The molecule has 1 unspecified atom stereocenters. The first-order valence-electron chi connectivity index (χ1n) is 7.82. The maximum atomic E-state index is 11.6. The standard InChI is InChI=1S/C15H22N2O4/c1-2-20-12(10-5-6-10)13-16-11(21-17-13)9-15(14(18)19)7-3-4-8-15/h10,12H,2-9H2,1H3,(H,18,19).